The molecule has 0 radical (unpaired) electrons. The van der Waals surface area contributed by atoms with E-state index in [0.717, 1.165) is 0 Å². The molecule has 0 N–H and O–H groups in total. The first-order valence-corrected chi connectivity index (χ1v) is 6.38. The first-order chi connectivity index (χ1) is 8.93. The van der Waals surface area contributed by atoms with Gasteiger partial charge in [0.15, 0.2) is 6.10 Å². The van der Waals surface area contributed by atoms with Gasteiger partial charge in [-0.25, -0.2) is 0 Å². The van der Waals surface area contributed by atoms with Crippen molar-refractivity contribution in [3.8, 4) is 11.8 Å². The average molecular weight is 281 g/mol. The molecule has 4 nitrogen and oxygen atoms in total. The van der Waals surface area contributed by atoms with Crippen molar-refractivity contribution >= 4 is 17.5 Å². The van der Waals surface area contributed by atoms with Gasteiger partial charge in [-0.1, -0.05) is 17.7 Å². The lowest BCUT2D eigenvalue weighted by atomic mass is 10.2. The van der Waals surface area contributed by atoms with Crippen LogP contribution in [0.5, 0.6) is 5.75 Å². The fraction of sp³-hybridized carbons (Fsp3) is 0.429. The maximum Gasteiger partial charge on any atom is 0.263 e. The molecule has 5 heteroatoms. The Morgan fingerprint density at radius 2 is 2.21 bits per heavy atom. The van der Waals surface area contributed by atoms with Gasteiger partial charge in [-0.3, -0.25) is 4.79 Å². The van der Waals surface area contributed by atoms with Crippen molar-refractivity contribution in [1.82, 2.24) is 4.90 Å². The Labute approximate surface area is 118 Å². The lowest BCUT2D eigenvalue weighted by Crippen LogP contribution is -2.39. The summed E-state index contributed by atoms with van der Waals surface area (Å²) in [4.78, 5) is 13.5. The van der Waals surface area contributed by atoms with Gasteiger partial charge >= 0.3 is 0 Å². The van der Waals surface area contributed by atoms with E-state index in [1.807, 2.05) is 0 Å². The number of amides is 1. The molecule has 1 aromatic carbocycles. The lowest BCUT2D eigenvalue weighted by molar-refractivity contribution is -0.136. The highest BCUT2D eigenvalue weighted by Gasteiger charge is 2.20. The molecule has 0 aliphatic heterocycles. The number of hydrogen-bond donors (Lipinski definition) is 0. The third kappa shape index (κ3) is 4.80. The fourth-order valence-electron chi connectivity index (χ4n) is 1.65. The molecule has 0 aliphatic rings. The minimum atomic E-state index is -0.616. The summed E-state index contributed by atoms with van der Waals surface area (Å²) in [5.74, 6) is 0.185. The lowest BCUT2D eigenvalue weighted by Gasteiger charge is -2.22. The molecule has 0 heterocycles. The first kappa shape index (κ1) is 15.3. The second-order valence-electron chi connectivity index (χ2n) is 4.47. The number of ether oxygens (including phenoxy) is 1. The van der Waals surface area contributed by atoms with Crippen LogP contribution in [0.1, 0.15) is 13.8 Å². The molecule has 102 valence electrons. The molecule has 2 atom stereocenters. The number of benzene rings is 1. The molecule has 1 rings (SSSR count). The van der Waals surface area contributed by atoms with Crippen molar-refractivity contribution < 1.29 is 9.53 Å². The molecular formula is C14H17ClN2O2. The van der Waals surface area contributed by atoms with Crippen molar-refractivity contribution in [1.29, 1.82) is 5.26 Å². The molecule has 0 bridgehead atoms. The van der Waals surface area contributed by atoms with Crippen LogP contribution in [0.3, 0.4) is 0 Å². The second kappa shape index (κ2) is 7.01. The summed E-state index contributed by atoms with van der Waals surface area (Å²) in [5, 5.41) is 9.29. The SMILES string of the molecule is CC(C#N)CN(C)C(=O)C(C)Oc1cccc(Cl)c1. The van der Waals surface area contributed by atoms with Gasteiger partial charge in [-0.05, 0) is 32.0 Å². The van der Waals surface area contributed by atoms with E-state index in [2.05, 4.69) is 6.07 Å². The standard InChI is InChI=1S/C14H17ClN2O2/c1-10(8-16)9-17(3)14(18)11(2)19-13-6-4-5-12(15)7-13/h4-7,10-11H,9H2,1-3H3. The van der Waals surface area contributed by atoms with Crippen molar-refractivity contribution in [2.45, 2.75) is 20.0 Å². The average Bonchev–Trinajstić information content (AvgIpc) is 2.37. The van der Waals surface area contributed by atoms with Crippen LogP contribution >= 0.6 is 11.6 Å². The van der Waals surface area contributed by atoms with Crippen LogP contribution < -0.4 is 4.74 Å². The van der Waals surface area contributed by atoms with Gasteiger partial charge in [-0.2, -0.15) is 5.26 Å². The summed E-state index contributed by atoms with van der Waals surface area (Å²) in [7, 11) is 1.66. The molecule has 0 spiro atoms. The number of carbonyl (C=O) groups is 1. The van der Waals surface area contributed by atoms with E-state index in [0.29, 0.717) is 17.3 Å². The minimum absolute atomic E-state index is 0.165. The largest absolute Gasteiger partial charge is 0.481 e. The number of carbonyl (C=O) groups excluding carboxylic acids is 1. The predicted molar refractivity (Wildman–Crippen MR) is 74.0 cm³/mol. The van der Waals surface area contributed by atoms with Gasteiger partial charge in [0.05, 0.1) is 12.0 Å². The van der Waals surface area contributed by atoms with Crippen LogP contribution in [0.4, 0.5) is 0 Å². The number of nitrogens with zero attached hydrogens (tertiary/aromatic N) is 2. The summed E-state index contributed by atoms with van der Waals surface area (Å²) >= 11 is 5.85. The predicted octanol–water partition coefficient (Wildman–Crippen LogP) is 2.73. The molecule has 1 amide bonds. The summed E-state index contributed by atoms with van der Waals surface area (Å²) in [6.07, 6.45) is -0.616. The zero-order valence-corrected chi connectivity index (χ0v) is 12.0. The van der Waals surface area contributed by atoms with E-state index < -0.39 is 6.10 Å². The summed E-state index contributed by atoms with van der Waals surface area (Å²) in [5.41, 5.74) is 0. The zero-order valence-electron chi connectivity index (χ0n) is 11.3. The molecular weight excluding hydrogens is 264 g/mol. The maximum absolute atomic E-state index is 12.0. The molecule has 0 saturated carbocycles. The maximum atomic E-state index is 12.0. The summed E-state index contributed by atoms with van der Waals surface area (Å²) in [6, 6.07) is 8.99. The van der Waals surface area contributed by atoms with Crippen molar-refractivity contribution in [3.63, 3.8) is 0 Å². The van der Waals surface area contributed by atoms with Crippen molar-refractivity contribution in [2.75, 3.05) is 13.6 Å². The van der Waals surface area contributed by atoms with E-state index in [9.17, 15) is 4.79 Å². The van der Waals surface area contributed by atoms with E-state index in [4.69, 9.17) is 21.6 Å². The normalized spacial score (nSPS) is 13.2. The topological polar surface area (TPSA) is 53.3 Å². The van der Waals surface area contributed by atoms with Crippen LogP contribution in [-0.2, 0) is 4.79 Å². The van der Waals surface area contributed by atoms with Crippen LogP contribution in [0.25, 0.3) is 0 Å². The van der Waals surface area contributed by atoms with E-state index in [1.54, 1.807) is 45.2 Å². The van der Waals surface area contributed by atoms with Crippen molar-refractivity contribution in [3.05, 3.63) is 29.3 Å². The zero-order chi connectivity index (χ0) is 14.4. The number of likely N-dealkylation sites (N-methyl/N-ethyl adjacent to an activating group) is 1. The van der Waals surface area contributed by atoms with Crippen LogP contribution in [0.2, 0.25) is 5.02 Å². The van der Waals surface area contributed by atoms with Gasteiger partial charge < -0.3 is 9.64 Å². The Balaban J connectivity index is 2.60. The molecule has 0 aromatic heterocycles. The highest BCUT2D eigenvalue weighted by molar-refractivity contribution is 6.30. The van der Waals surface area contributed by atoms with Gasteiger partial charge in [0.25, 0.3) is 5.91 Å². The minimum Gasteiger partial charge on any atom is -0.481 e. The monoisotopic (exact) mass is 280 g/mol. The fourth-order valence-corrected chi connectivity index (χ4v) is 1.83. The molecule has 19 heavy (non-hydrogen) atoms. The first-order valence-electron chi connectivity index (χ1n) is 6.01. The van der Waals surface area contributed by atoms with E-state index in [1.165, 1.54) is 4.90 Å². The van der Waals surface area contributed by atoms with E-state index >= 15 is 0 Å². The quantitative estimate of drug-likeness (QED) is 0.833. The summed E-state index contributed by atoms with van der Waals surface area (Å²) in [6.45, 7) is 3.83. The molecule has 1 aromatic rings. The third-order valence-corrected chi connectivity index (χ3v) is 2.84. The highest BCUT2D eigenvalue weighted by Crippen LogP contribution is 2.18. The van der Waals surface area contributed by atoms with Gasteiger partial charge in [0, 0.05) is 18.6 Å². The van der Waals surface area contributed by atoms with Crippen LogP contribution in [0, 0.1) is 17.2 Å². The number of halogens is 1. The molecule has 2 unspecified atom stereocenters. The van der Waals surface area contributed by atoms with Crippen molar-refractivity contribution in [2.24, 2.45) is 5.92 Å². The smallest absolute Gasteiger partial charge is 0.263 e. The second-order valence-corrected chi connectivity index (χ2v) is 4.90. The third-order valence-electron chi connectivity index (χ3n) is 2.60. The number of rotatable bonds is 5. The molecule has 0 saturated heterocycles. The van der Waals surface area contributed by atoms with Gasteiger partial charge in [0.1, 0.15) is 5.75 Å². The van der Waals surface area contributed by atoms with Crippen LogP contribution in [0.15, 0.2) is 24.3 Å². The number of nitriles is 1. The Kier molecular flexibility index (Phi) is 5.65. The Morgan fingerprint density at radius 3 is 2.79 bits per heavy atom. The van der Waals surface area contributed by atoms with Gasteiger partial charge in [0.2, 0.25) is 0 Å². The Bertz CT molecular complexity index is 485. The molecule has 0 fully saturated rings. The molecule has 0 aliphatic carbocycles. The highest BCUT2D eigenvalue weighted by atomic mass is 35.5. The number of hydrogen-bond acceptors (Lipinski definition) is 3. The van der Waals surface area contributed by atoms with E-state index in [-0.39, 0.29) is 11.8 Å². The van der Waals surface area contributed by atoms with Crippen LogP contribution in [-0.4, -0.2) is 30.5 Å². The summed E-state index contributed by atoms with van der Waals surface area (Å²) < 4.78 is 5.53. The Morgan fingerprint density at radius 1 is 1.53 bits per heavy atom. The Hall–Kier alpha value is -1.73. The van der Waals surface area contributed by atoms with Gasteiger partial charge in [-0.15, -0.1) is 0 Å².